The van der Waals surface area contributed by atoms with Crippen LogP contribution in [0.15, 0.2) is 29.6 Å². The van der Waals surface area contributed by atoms with Crippen molar-refractivity contribution in [1.29, 1.82) is 0 Å². The average Bonchev–Trinajstić information content (AvgIpc) is 3.05. The van der Waals surface area contributed by atoms with Gasteiger partial charge in [0.15, 0.2) is 5.69 Å². The van der Waals surface area contributed by atoms with Gasteiger partial charge in [-0.05, 0) is 36.9 Å². The van der Waals surface area contributed by atoms with Crippen LogP contribution >= 0.6 is 11.3 Å². The topological polar surface area (TPSA) is 58.1 Å². The van der Waals surface area contributed by atoms with E-state index in [1.807, 2.05) is 24.4 Å². The molecule has 5 nitrogen and oxygen atoms in total. The van der Waals surface area contributed by atoms with Gasteiger partial charge in [-0.3, -0.25) is 4.79 Å². The largest absolute Gasteiger partial charge is 0.369 e. The molecule has 0 saturated heterocycles. The highest BCUT2D eigenvalue weighted by molar-refractivity contribution is 7.10. The van der Waals surface area contributed by atoms with Gasteiger partial charge in [0, 0.05) is 18.5 Å². The SMILES string of the molecule is CCCNc1ccc(C(=O)N(C)C(C)c2cccs2)nn1. The molecular weight excluding hydrogens is 284 g/mol. The van der Waals surface area contributed by atoms with Gasteiger partial charge in [-0.1, -0.05) is 13.0 Å². The minimum absolute atomic E-state index is 0.0252. The first-order chi connectivity index (χ1) is 10.1. The van der Waals surface area contributed by atoms with E-state index < -0.39 is 0 Å². The summed E-state index contributed by atoms with van der Waals surface area (Å²) in [5.41, 5.74) is 0.364. The number of aromatic nitrogens is 2. The van der Waals surface area contributed by atoms with E-state index in [4.69, 9.17) is 0 Å². The number of thiophene rings is 1. The lowest BCUT2D eigenvalue weighted by Crippen LogP contribution is -2.30. The van der Waals surface area contributed by atoms with Gasteiger partial charge in [0.25, 0.3) is 5.91 Å². The van der Waals surface area contributed by atoms with Crippen LogP contribution in [-0.4, -0.2) is 34.6 Å². The van der Waals surface area contributed by atoms with Crippen LogP contribution in [0.5, 0.6) is 0 Å². The van der Waals surface area contributed by atoms with E-state index in [-0.39, 0.29) is 11.9 Å². The molecule has 112 valence electrons. The number of nitrogens with zero attached hydrogens (tertiary/aromatic N) is 3. The van der Waals surface area contributed by atoms with Crippen molar-refractivity contribution in [2.45, 2.75) is 26.3 Å². The molecule has 0 aliphatic heterocycles. The van der Waals surface area contributed by atoms with E-state index in [9.17, 15) is 4.79 Å². The molecule has 1 N–H and O–H groups in total. The molecule has 0 saturated carbocycles. The van der Waals surface area contributed by atoms with E-state index in [0.29, 0.717) is 11.5 Å². The Kier molecular flexibility index (Phi) is 5.27. The summed E-state index contributed by atoms with van der Waals surface area (Å²) in [6.45, 7) is 4.94. The van der Waals surface area contributed by atoms with Crippen molar-refractivity contribution in [3.63, 3.8) is 0 Å². The van der Waals surface area contributed by atoms with Crippen LogP contribution in [0.2, 0.25) is 0 Å². The highest BCUT2D eigenvalue weighted by atomic mass is 32.1. The van der Waals surface area contributed by atoms with Crippen molar-refractivity contribution in [3.8, 4) is 0 Å². The lowest BCUT2D eigenvalue weighted by Gasteiger charge is -2.23. The van der Waals surface area contributed by atoms with Gasteiger partial charge < -0.3 is 10.2 Å². The molecule has 1 amide bonds. The summed E-state index contributed by atoms with van der Waals surface area (Å²) in [6, 6.07) is 7.55. The molecule has 2 rings (SSSR count). The van der Waals surface area contributed by atoms with E-state index in [1.165, 1.54) is 0 Å². The van der Waals surface area contributed by atoms with Crippen molar-refractivity contribution in [3.05, 3.63) is 40.2 Å². The average molecular weight is 304 g/mol. The summed E-state index contributed by atoms with van der Waals surface area (Å²) in [6.07, 6.45) is 1.02. The Balaban J connectivity index is 2.05. The summed E-state index contributed by atoms with van der Waals surface area (Å²) in [4.78, 5) is 15.3. The monoisotopic (exact) mass is 304 g/mol. The quantitative estimate of drug-likeness (QED) is 0.890. The van der Waals surface area contributed by atoms with Gasteiger partial charge in [0.1, 0.15) is 5.82 Å². The molecule has 21 heavy (non-hydrogen) atoms. The summed E-state index contributed by atoms with van der Waals surface area (Å²) in [7, 11) is 1.79. The smallest absolute Gasteiger partial charge is 0.274 e. The fraction of sp³-hybridized carbons (Fsp3) is 0.400. The Morgan fingerprint density at radius 1 is 1.38 bits per heavy atom. The summed E-state index contributed by atoms with van der Waals surface area (Å²) >= 11 is 1.64. The Hall–Kier alpha value is -1.95. The zero-order chi connectivity index (χ0) is 15.2. The molecule has 0 spiro atoms. The van der Waals surface area contributed by atoms with Crippen molar-refractivity contribution in [2.24, 2.45) is 0 Å². The molecule has 2 heterocycles. The molecule has 0 aliphatic carbocycles. The predicted octanol–water partition coefficient (Wildman–Crippen LogP) is 3.19. The number of anilines is 1. The molecule has 0 aromatic carbocycles. The summed E-state index contributed by atoms with van der Waals surface area (Å²) in [5.74, 6) is 0.577. The third kappa shape index (κ3) is 3.78. The highest BCUT2D eigenvalue weighted by Gasteiger charge is 2.20. The van der Waals surface area contributed by atoms with Crippen molar-refractivity contribution >= 4 is 23.1 Å². The second kappa shape index (κ2) is 7.17. The Labute approximate surface area is 129 Å². The molecule has 6 heteroatoms. The molecule has 2 aromatic rings. The lowest BCUT2D eigenvalue weighted by molar-refractivity contribution is 0.0738. The molecule has 1 atom stereocenters. The van der Waals surface area contributed by atoms with Crippen LogP contribution in [0.3, 0.4) is 0 Å². The van der Waals surface area contributed by atoms with Crippen molar-refractivity contribution in [2.75, 3.05) is 18.9 Å². The first kappa shape index (κ1) is 15.4. The molecular formula is C15H20N4OS. The van der Waals surface area contributed by atoms with E-state index >= 15 is 0 Å². The van der Waals surface area contributed by atoms with Crippen LogP contribution in [0, 0.1) is 0 Å². The van der Waals surface area contributed by atoms with Gasteiger partial charge in [-0.25, -0.2) is 0 Å². The molecule has 0 aliphatic rings. The summed E-state index contributed by atoms with van der Waals surface area (Å²) in [5, 5.41) is 13.2. The fourth-order valence-electron chi connectivity index (χ4n) is 1.87. The maximum atomic E-state index is 12.4. The maximum Gasteiger partial charge on any atom is 0.274 e. The van der Waals surface area contributed by atoms with Crippen molar-refractivity contribution < 1.29 is 4.79 Å². The van der Waals surface area contributed by atoms with Crippen LogP contribution in [0.4, 0.5) is 5.82 Å². The van der Waals surface area contributed by atoms with Gasteiger partial charge in [0.05, 0.1) is 6.04 Å². The first-order valence-electron chi connectivity index (χ1n) is 7.01. The van der Waals surface area contributed by atoms with E-state index in [1.54, 1.807) is 35.4 Å². The molecule has 0 fully saturated rings. The third-order valence-corrected chi connectivity index (χ3v) is 4.34. The zero-order valence-corrected chi connectivity index (χ0v) is 13.4. The van der Waals surface area contributed by atoms with Crippen LogP contribution in [0.1, 0.15) is 41.7 Å². The second-order valence-electron chi connectivity index (χ2n) is 4.84. The fourth-order valence-corrected chi connectivity index (χ4v) is 2.70. The van der Waals surface area contributed by atoms with E-state index in [0.717, 1.165) is 17.8 Å². The number of nitrogens with one attached hydrogen (secondary N) is 1. The number of hydrogen-bond donors (Lipinski definition) is 1. The Bertz CT molecular complexity index is 568. The zero-order valence-electron chi connectivity index (χ0n) is 12.5. The number of rotatable bonds is 6. The van der Waals surface area contributed by atoms with Gasteiger partial charge in [-0.15, -0.1) is 21.5 Å². The number of amides is 1. The molecule has 1 unspecified atom stereocenters. The van der Waals surface area contributed by atoms with Crippen molar-refractivity contribution in [1.82, 2.24) is 15.1 Å². The minimum Gasteiger partial charge on any atom is -0.369 e. The number of carbonyl (C=O) groups is 1. The Morgan fingerprint density at radius 2 is 2.19 bits per heavy atom. The minimum atomic E-state index is -0.120. The molecule has 0 radical (unpaired) electrons. The standard InChI is InChI=1S/C15H20N4OS/c1-4-9-16-14-8-7-12(17-18-14)15(20)19(3)11(2)13-6-5-10-21-13/h5-8,10-11H,4,9H2,1-3H3,(H,16,18). The summed E-state index contributed by atoms with van der Waals surface area (Å²) < 4.78 is 0. The second-order valence-corrected chi connectivity index (χ2v) is 5.82. The molecule has 0 bridgehead atoms. The van der Waals surface area contributed by atoms with E-state index in [2.05, 4.69) is 22.4 Å². The predicted molar refractivity (Wildman–Crippen MR) is 85.6 cm³/mol. The number of hydrogen-bond acceptors (Lipinski definition) is 5. The first-order valence-corrected chi connectivity index (χ1v) is 7.89. The maximum absolute atomic E-state index is 12.4. The third-order valence-electron chi connectivity index (χ3n) is 3.30. The van der Waals surface area contributed by atoms with Crippen LogP contribution < -0.4 is 5.32 Å². The van der Waals surface area contributed by atoms with Gasteiger partial charge in [-0.2, -0.15) is 0 Å². The highest BCUT2D eigenvalue weighted by Crippen LogP contribution is 2.24. The lowest BCUT2D eigenvalue weighted by atomic mass is 10.2. The normalized spacial score (nSPS) is 12.0. The van der Waals surface area contributed by atoms with Gasteiger partial charge in [0.2, 0.25) is 0 Å². The number of carbonyl (C=O) groups excluding carboxylic acids is 1. The molecule has 2 aromatic heterocycles. The Morgan fingerprint density at radius 3 is 2.76 bits per heavy atom. The van der Waals surface area contributed by atoms with Crippen LogP contribution in [0.25, 0.3) is 0 Å². The van der Waals surface area contributed by atoms with Gasteiger partial charge >= 0.3 is 0 Å². The van der Waals surface area contributed by atoms with Crippen LogP contribution in [-0.2, 0) is 0 Å².